The molecule has 0 unspecified atom stereocenters. The van der Waals surface area contributed by atoms with Crippen molar-refractivity contribution in [3.63, 3.8) is 0 Å². The summed E-state index contributed by atoms with van der Waals surface area (Å²) >= 11 is 24.6. The van der Waals surface area contributed by atoms with Gasteiger partial charge in [-0.05, 0) is 59.6 Å². The number of nitrogens with one attached hydrogen (secondary N) is 1. The molecule has 0 heterocycles. The van der Waals surface area contributed by atoms with Crippen molar-refractivity contribution in [1.82, 2.24) is 5.32 Å². The van der Waals surface area contributed by atoms with E-state index in [0.717, 1.165) is 40.8 Å². The molecule has 0 aliphatic rings. The van der Waals surface area contributed by atoms with Gasteiger partial charge >= 0.3 is 0 Å². The fourth-order valence-electron chi connectivity index (χ4n) is 3.59. The lowest BCUT2D eigenvalue weighted by Crippen LogP contribution is -2.17. The van der Waals surface area contributed by atoms with Gasteiger partial charge in [0.15, 0.2) is 0 Å². The summed E-state index contributed by atoms with van der Waals surface area (Å²) in [6.07, 6.45) is 0.803. The number of rotatable bonds is 8. The Bertz CT molecular complexity index is 1240. The normalized spacial score (nSPS) is 11.1. The molecular formula is C26H21Cl4NO. The number of benzene rings is 4. The molecule has 32 heavy (non-hydrogen) atoms. The van der Waals surface area contributed by atoms with Crippen molar-refractivity contribution in [2.45, 2.75) is 19.6 Å². The van der Waals surface area contributed by atoms with Crippen LogP contribution < -0.4 is 10.1 Å². The van der Waals surface area contributed by atoms with E-state index in [9.17, 15) is 0 Å². The first-order valence-corrected chi connectivity index (χ1v) is 11.7. The van der Waals surface area contributed by atoms with E-state index in [1.54, 1.807) is 12.1 Å². The minimum absolute atomic E-state index is 0.363. The SMILES string of the molecule is Clc1ccc(CCNCc2c(OCc3ccc(Cl)cc3Cl)ccc3ccccc23)c(Cl)c1. The zero-order valence-electron chi connectivity index (χ0n) is 17.2. The van der Waals surface area contributed by atoms with E-state index in [0.29, 0.717) is 33.2 Å². The van der Waals surface area contributed by atoms with E-state index in [2.05, 4.69) is 23.5 Å². The van der Waals surface area contributed by atoms with Crippen LogP contribution in [0.2, 0.25) is 20.1 Å². The van der Waals surface area contributed by atoms with Crippen molar-refractivity contribution >= 4 is 57.2 Å². The van der Waals surface area contributed by atoms with Crippen LogP contribution in [0.3, 0.4) is 0 Å². The average molecular weight is 505 g/mol. The Morgan fingerprint density at radius 3 is 2.12 bits per heavy atom. The summed E-state index contributed by atoms with van der Waals surface area (Å²) in [6.45, 7) is 1.80. The number of hydrogen-bond donors (Lipinski definition) is 1. The van der Waals surface area contributed by atoms with E-state index in [1.807, 2.05) is 42.5 Å². The molecule has 0 amide bonds. The van der Waals surface area contributed by atoms with Crippen LogP contribution in [0.25, 0.3) is 10.8 Å². The summed E-state index contributed by atoms with van der Waals surface area (Å²) in [5, 5.41) is 8.39. The highest BCUT2D eigenvalue weighted by molar-refractivity contribution is 6.35. The van der Waals surface area contributed by atoms with Gasteiger partial charge in [-0.1, -0.05) is 88.9 Å². The first-order valence-electron chi connectivity index (χ1n) is 10.2. The van der Waals surface area contributed by atoms with Crippen LogP contribution in [0.5, 0.6) is 5.75 Å². The Hall–Kier alpha value is -1.94. The van der Waals surface area contributed by atoms with Crippen LogP contribution in [-0.2, 0) is 19.6 Å². The summed E-state index contributed by atoms with van der Waals surface area (Å²) in [6, 6.07) is 23.4. The Labute approximate surface area is 208 Å². The van der Waals surface area contributed by atoms with Gasteiger partial charge < -0.3 is 10.1 Å². The van der Waals surface area contributed by atoms with Crippen molar-refractivity contribution in [1.29, 1.82) is 0 Å². The van der Waals surface area contributed by atoms with Crippen molar-refractivity contribution in [3.8, 4) is 5.75 Å². The second kappa shape index (κ2) is 10.8. The second-order valence-corrected chi connectivity index (χ2v) is 9.14. The van der Waals surface area contributed by atoms with Gasteiger partial charge in [0, 0.05) is 37.8 Å². The van der Waals surface area contributed by atoms with Gasteiger partial charge in [0.25, 0.3) is 0 Å². The lowest BCUT2D eigenvalue weighted by atomic mass is 10.0. The Morgan fingerprint density at radius 2 is 1.41 bits per heavy atom. The summed E-state index contributed by atoms with van der Waals surface area (Å²) in [5.41, 5.74) is 3.06. The maximum absolute atomic E-state index is 6.32. The highest BCUT2D eigenvalue weighted by atomic mass is 35.5. The molecule has 0 atom stereocenters. The van der Waals surface area contributed by atoms with E-state index < -0.39 is 0 Å². The number of fused-ring (bicyclic) bond motifs is 1. The maximum Gasteiger partial charge on any atom is 0.124 e. The monoisotopic (exact) mass is 503 g/mol. The fourth-order valence-corrected chi connectivity index (χ4v) is 4.55. The van der Waals surface area contributed by atoms with Crippen LogP contribution in [0, 0.1) is 0 Å². The van der Waals surface area contributed by atoms with Gasteiger partial charge in [-0.3, -0.25) is 0 Å². The number of hydrogen-bond acceptors (Lipinski definition) is 2. The zero-order chi connectivity index (χ0) is 22.5. The topological polar surface area (TPSA) is 21.3 Å². The van der Waals surface area contributed by atoms with Crippen molar-refractivity contribution in [3.05, 3.63) is 110 Å². The third kappa shape index (κ3) is 5.70. The van der Waals surface area contributed by atoms with Crippen LogP contribution in [0.15, 0.2) is 72.8 Å². The van der Waals surface area contributed by atoms with Crippen molar-refractivity contribution < 1.29 is 4.74 Å². The quantitative estimate of drug-likeness (QED) is 0.243. The average Bonchev–Trinajstić information content (AvgIpc) is 2.78. The van der Waals surface area contributed by atoms with Crippen molar-refractivity contribution in [2.75, 3.05) is 6.54 Å². The van der Waals surface area contributed by atoms with Crippen LogP contribution in [0.4, 0.5) is 0 Å². The summed E-state index contributed by atoms with van der Waals surface area (Å²) in [5.74, 6) is 0.826. The van der Waals surface area contributed by atoms with Crippen molar-refractivity contribution in [2.24, 2.45) is 0 Å². The predicted molar refractivity (Wildman–Crippen MR) is 137 cm³/mol. The van der Waals surface area contributed by atoms with E-state index in [1.165, 1.54) is 5.39 Å². The molecule has 0 aliphatic carbocycles. The molecule has 4 aromatic rings. The zero-order valence-corrected chi connectivity index (χ0v) is 20.2. The lowest BCUT2D eigenvalue weighted by Gasteiger charge is -2.16. The van der Waals surface area contributed by atoms with E-state index in [-0.39, 0.29) is 0 Å². The highest BCUT2D eigenvalue weighted by Gasteiger charge is 2.11. The summed E-state index contributed by atoms with van der Waals surface area (Å²) < 4.78 is 6.20. The lowest BCUT2D eigenvalue weighted by molar-refractivity contribution is 0.303. The Kier molecular flexibility index (Phi) is 7.83. The van der Waals surface area contributed by atoms with Gasteiger partial charge in [0.2, 0.25) is 0 Å². The van der Waals surface area contributed by atoms with E-state index >= 15 is 0 Å². The second-order valence-electron chi connectivity index (χ2n) is 7.45. The molecule has 0 aliphatic heterocycles. The highest BCUT2D eigenvalue weighted by Crippen LogP contribution is 2.30. The van der Waals surface area contributed by atoms with Crippen LogP contribution in [0.1, 0.15) is 16.7 Å². The minimum atomic E-state index is 0.363. The molecule has 6 heteroatoms. The fraction of sp³-hybridized carbons (Fsp3) is 0.154. The summed E-state index contributed by atoms with van der Waals surface area (Å²) in [4.78, 5) is 0. The standard InChI is InChI=1S/C26H21Cl4NO/c27-20-8-5-18(24(29)13-20)11-12-31-15-23-22-4-2-1-3-17(22)7-10-26(23)32-16-19-6-9-21(28)14-25(19)30/h1-10,13-14,31H,11-12,15-16H2. The molecule has 0 saturated heterocycles. The molecule has 1 N–H and O–H groups in total. The van der Waals surface area contributed by atoms with Gasteiger partial charge in [0.05, 0.1) is 0 Å². The molecule has 164 valence electrons. The molecule has 0 aromatic heterocycles. The van der Waals surface area contributed by atoms with E-state index in [4.69, 9.17) is 51.1 Å². The summed E-state index contributed by atoms with van der Waals surface area (Å²) in [7, 11) is 0. The predicted octanol–water partition coefficient (Wildman–Crippen LogP) is 8.36. The van der Waals surface area contributed by atoms with Gasteiger partial charge in [-0.25, -0.2) is 0 Å². The first kappa shape index (κ1) is 23.2. The molecule has 2 nitrogen and oxygen atoms in total. The molecule has 0 radical (unpaired) electrons. The third-order valence-corrected chi connectivity index (χ3v) is 6.46. The molecule has 0 bridgehead atoms. The molecule has 4 rings (SSSR count). The number of ether oxygens (including phenoxy) is 1. The van der Waals surface area contributed by atoms with Gasteiger partial charge in [-0.2, -0.15) is 0 Å². The van der Waals surface area contributed by atoms with Crippen LogP contribution >= 0.6 is 46.4 Å². The first-order chi connectivity index (χ1) is 15.5. The van der Waals surface area contributed by atoms with Gasteiger partial charge in [0.1, 0.15) is 12.4 Å². The minimum Gasteiger partial charge on any atom is -0.488 e. The third-order valence-electron chi connectivity index (χ3n) is 5.28. The van der Waals surface area contributed by atoms with Crippen LogP contribution in [-0.4, -0.2) is 6.54 Å². The Morgan fingerprint density at radius 1 is 0.719 bits per heavy atom. The molecule has 0 saturated carbocycles. The largest absolute Gasteiger partial charge is 0.488 e. The molecular weight excluding hydrogens is 484 g/mol. The smallest absolute Gasteiger partial charge is 0.124 e. The maximum atomic E-state index is 6.32. The number of halogens is 4. The Balaban J connectivity index is 1.49. The molecule has 0 spiro atoms. The molecule has 4 aromatic carbocycles. The molecule has 0 fully saturated rings. The van der Waals surface area contributed by atoms with Gasteiger partial charge in [-0.15, -0.1) is 0 Å².